The molecule has 0 unspecified atom stereocenters. The maximum absolute atomic E-state index is 12.6. The van der Waals surface area contributed by atoms with Crippen LogP contribution in [0.5, 0.6) is 0 Å². The Kier molecular flexibility index (Phi) is 4.45. The van der Waals surface area contributed by atoms with Crippen molar-refractivity contribution < 1.29 is 14.7 Å². The molecule has 142 valence electrons. The third kappa shape index (κ3) is 3.22. The number of carbonyl (C=O) groups is 2. The van der Waals surface area contributed by atoms with Crippen LogP contribution in [0.4, 0.5) is 0 Å². The predicted octanol–water partition coefficient (Wildman–Crippen LogP) is 2.04. The van der Waals surface area contributed by atoms with Crippen LogP contribution in [0, 0.1) is 17.8 Å². The molecule has 27 heavy (non-hydrogen) atoms. The number of hydrogen-bond acceptors (Lipinski definition) is 4. The van der Waals surface area contributed by atoms with Crippen LogP contribution in [0.2, 0.25) is 0 Å². The standard InChI is InChI=1S/C20H23N3O4/c1-11(16-9-12-6-7-13(16)8-12)21-17(24)10-23-19(25)15-5-3-2-4-14(15)18(22-23)20(26)27/h2-5,11-13,16H,6-10H2,1H3,(H,21,24)(H,26,27)/t11-,12+,13+,16+/m1/s1. The lowest BCUT2D eigenvalue weighted by Crippen LogP contribution is -2.43. The molecule has 1 amide bonds. The lowest BCUT2D eigenvalue weighted by molar-refractivity contribution is -0.123. The van der Waals surface area contributed by atoms with E-state index in [9.17, 15) is 19.5 Å². The molecular weight excluding hydrogens is 346 g/mol. The number of rotatable bonds is 5. The zero-order valence-electron chi connectivity index (χ0n) is 15.2. The van der Waals surface area contributed by atoms with Crippen LogP contribution < -0.4 is 10.9 Å². The molecule has 0 radical (unpaired) electrons. The fraction of sp³-hybridized carbons (Fsp3) is 0.500. The molecule has 2 aliphatic carbocycles. The number of aromatic nitrogens is 2. The van der Waals surface area contributed by atoms with E-state index in [1.807, 2.05) is 6.92 Å². The van der Waals surface area contributed by atoms with Crippen molar-refractivity contribution >= 4 is 22.6 Å². The highest BCUT2D eigenvalue weighted by atomic mass is 16.4. The Labute approximate surface area is 156 Å². The lowest BCUT2D eigenvalue weighted by Gasteiger charge is -2.28. The van der Waals surface area contributed by atoms with Crippen LogP contribution in [-0.4, -0.2) is 32.8 Å². The third-order valence-corrected chi connectivity index (χ3v) is 6.19. The van der Waals surface area contributed by atoms with Crippen molar-refractivity contribution in [3.05, 3.63) is 40.3 Å². The molecule has 4 atom stereocenters. The molecule has 2 aromatic rings. The van der Waals surface area contributed by atoms with Crippen molar-refractivity contribution in [1.82, 2.24) is 15.1 Å². The quantitative estimate of drug-likeness (QED) is 0.840. The van der Waals surface area contributed by atoms with E-state index in [1.165, 1.54) is 19.3 Å². The van der Waals surface area contributed by atoms with Crippen molar-refractivity contribution in [3.63, 3.8) is 0 Å². The summed E-state index contributed by atoms with van der Waals surface area (Å²) in [5.74, 6) is 0.429. The van der Waals surface area contributed by atoms with Gasteiger partial charge in [-0.05, 0) is 50.0 Å². The van der Waals surface area contributed by atoms with Crippen LogP contribution in [-0.2, 0) is 11.3 Å². The molecule has 2 N–H and O–H groups in total. The molecule has 0 aliphatic heterocycles. The number of fused-ring (bicyclic) bond motifs is 3. The molecule has 0 saturated heterocycles. The molecule has 2 fully saturated rings. The minimum Gasteiger partial charge on any atom is -0.476 e. The highest BCUT2D eigenvalue weighted by Gasteiger charge is 2.42. The van der Waals surface area contributed by atoms with E-state index >= 15 is 0 Å². The van der Waals surface area contributed by atoms with Crippen LogP contribution in [0.15, 0.2) is 29.1 Å². The molecule has 1 heterocycles. The van der Waals surface area contributed by atoms with Gasteiger partial charge in [-0.25, -0.2) is 9.48 Å². The number of benzene rings is 1. The molecule has 2 bridgehead atoms. The predicted molar refractivity (Wildman–Crippen MR) is 99.5 cm³/mol. The number of carbonyl (C=O) groups excluding carboxylic acids is 1. The first-order valence-electron chi connectivity index (χ1n) is 9.46. The van der Waals surface area contributed by atoms with E-state index in [2.05, 4.69) is 10.4 Å². The summed E-state index contributed by atoms with van der Waals surface area (Å²) in [6.07, 6.45) is 4.96. The van der Waals surface area contributed by atoms with Crippen LogP contribution in [0.3, 0.4) is 0 Å². The van der Waals surface area contributed by atoms with Crippen molar-refractivity contribution in [3.8, 4) is 0 Å². The van der Waals surface area contributed by atoms with Gasteiger partial charge in [-0.15, -0.1) is 0 Å². The van der Waals surface area contributed by atoms with Crippen molar-refractivity contribution in [2.24, 2.45) is 17.8 Å². The number of nitrogens with one attached hydrogen (secondary N) is 1. The van der Waals surface area contributed by atoms with Gasteiger partial charge in [0.25, 0.3) is 5.56 Å². The zero-order valence-corrected chi connectivity index (χ0v) is 15.2. The zero-order chi connectivity index (χ0) is 19.1. The fourth-order valence-corrected chi connectivity index (χ4v) is 4.95. The Morgan fingerprint density at radius 3 is 2.63 bits per heavy atom. The van der Waals surface area contributed by atoms with Crippen LogP contribution >= 0.6 is 0 Å². The Morgan fingerprint density at radius 1 is 1.26 bits per heavy atom. The second-order valence-corrected chi connectivity index (χ2v) is 7.86. The summed E-state index contributed by atoms with van der Waals surface area (Å²) in [6, 6.07) is 6.47. The van der Waals surface area contributed by atoms with E-state index < -0.39 is 11.5 Å². The number of carboxylic acid groups (broad SMARTS) is 1. The average Bonchev–Trinajstić information content (AvgIpc) is 3.27. The summed E-state index contributed by atoms with van der Waals surface area (Å²) in [6.45, 7) is 1.73. The Bertz CT molecular complexity index is 967. The first-order valence-corrected chi connectivity index (χ1v) is 9.46. The Balaban J connectivity index is 1.54. The lowest BCUT2D eigenvalue weighted by atomic mass is 9.84. The van der Waals surface area contributed by atoms with E-state index in [-0.39, 0.29) is 35.0 Å². The molecule has 0 spiro atoms. The SMILES string of the molecule is C[C@@H](NC(=O)Cn1nc(C(=O)O)c2ccccc2c1=O)[C@@H]1C[C@H]2CC[C@H]1C2. The molecule has 7 nitrogen and oxygen atoms in total. The van der Waals surface area contributed by atoms with Gasteiger partial charge in [0.1, 0.15) is 6.54 Å². The van der Waals surface area contributed by atoms with E-state index in [4.69, 9.17) is 0 Å². The number of carboxylic acids is 1. The normalized spacial score (nSPS) is 24.9. The first kappa shape index (κ1) is 17.7. The second kappa shape index (κ2) is 6.79. The number of nitrogens with zero attached hydrogens (tertiary/aromatic N) is 2. The fourth-order valence-electron chi connectivity index (χ4n) is 4.95. The second-order valence-electron chi connectivity index (χ2n) is 7.86. The summed E-state index contributed by atoms with van der Waals surface area (Å²) >= 11 is 0. The van der Waals surface area contributed by atoms with E-state index in [1.54, 1.807) is 24.3 Å². The molecule has 4 rings (SSSR count). The number of hydrogen-bond donors (Lipinski definition) is 2. The van der Waals surface area contributed by atoms with Gasteiger partial charge in [-0.2, -0.15) is 5.10 Å². The molecule has 2 aliphatic rings. The van der Waals surface area contributed by atoms with Gasteiger partial charge in [-0.3, -0.25) is 9.59 Å². The number of amides is 1. The average molecular weight is 369 g/mol. The van der Waals surface area contributed by atoms with Crippen LogP contribution in [0.1, 0.15) is 43.1 Å². The van der Waals surface area contributed by atoms with Gasteiger partial charge >= 0.3 is 5.97 Å². The van der Waals surface area contributed by atoms with Crippen LogP contribution in [0.25, 0.3) is 10.8 Å². The Morgan fingerprint density at radius 2 is 2.00 bits per heavy atom. The molecular formula is C20H23N3O4. The van der Waals surface area contributed by atoms with Crippen molar-refractivity contribution in [2.45, 2.75) is 45.2 Å². The van der Waals surface area contributed by atoms with Gasteiger partial charge in [0.15, 0.2) is 5.69 Å². The minimum atomic E-state index is -1.23. The van der Waals surface area contributed by atoms with Gasteiger partial charge in [-0.1, -0.05) is 24.6 Å². The molecule has 1 aromatic carbocycles. The van der Waals surface area contributed by atoms with E-state index in [0.717, 1.165) is 17.0 Å². The summed E-state index contributed by atoms with van der Waals surface area (Å²) < 4.78 is 0.953. The maximum Gasteiger partial charge on any atom is 0.357 e. The van der Waals surface area contributed by atoms with Crippen molar-refractivity contribution in [1.29, 1.82) is 0 Å². The largest absolute Gasteiger partial charge is 0.476 e. The third-order valence-electron chi connectivity index (χ3n) is 6.19. The van der Waals surface area contributed by atoms with Gasteiger partial charge < -0.3 is 10.4 Å². The summed E-state index contributed by atoms with van der Waals surface area (Å²) in [4.78, 5) is 36.6. The monoisotopic (exact) mass is 369 g/mol. The van der Waals surface area contributed by atoms with E-state index in [0.29, 0.717) is 11.8 Å². The first-order chi connectivity index (χ1) is 12.9. The molecule has 2 saturated carbocycles. The highest BCUT2D eigenvalue weighted by molar-refractivity contribution is 6.01. The summed E-state index contributed by atoms with van der Waals surface area (Å²) in [5.41, 5.74) is -0.683. The summed E-state index contributed by atoms with van der Waals surface area (Å²) in [7, 11) is 0. The minimum absolute atomic E-state index is 0.0444. The van der Waals surface area contributed by atoms with Gasteiger partial charge in [0, 0.05) is 11.4 Å². The smallest absolute Gasteiger partial charge is 0.357 e. The Hall–Kier alpha value is -2.70. The molecule has 1 aromatic heterocycles. The topological polar surface area (TPSA) is 101 Å². The summed E-state index contributed by atoms with van der Waals surface area (Å²) in [5, 5.41) is 16.9. The maximum atomic E-state index is 12.6. The molecule has 7 heteroatoms. The van der Waals surface area contributed by atoms with Crippen molar-refractivity contribution in [2.75, 3.05) is 0 Å². The highest BCUT2D eigenvalue weighted by Crippen LogP contribution is 2.49. The van der Waals surface area contributed by atoms with Gasteiger partial charge in [0.2, 0.25) is 5.91 Å². The number of aromatic carboxylic acids is 1. The van der Waals surface area contributed by atoms with Gasteiger partial charge in [0.05, 0.1) is 5.39 Å².